The molecule has 0 saturated carbocycles. The van der Waals surface area contributed by atoms with Crippen LogP contribution in [0, 0.1) is 11.6 Å². The highest BCUT2D eigenvalue weighted by molar-refractivity contribution is 5.80. The third kappa shape index (κ3) is 2.30. The molecule has 0 aliphatic rings. The first kappa shape index (κ1) is 12.8. The van der Waals surface area contributed by atoms with Crippen LogP contribution in [0.3, 0.4) is 0 Å². The molecule has 0 radical (unpaired) electrons. The molecule has 102 valence electrons. The molecular formula is C16H14F2N2. The number of fused-ring (bicyclic) bond motifs is 1. The molecule has 0 fully saturated rings. The highest BCUT2D eigenvalue weighted by Crippen LogP contribution is 2.20. The fourth-order valence-electron chi connectivity index (χ4n) is 2.34. The van der Waals surface area contributed by atoms with Crippen molar-refractivity contribution in [3.05, 3.63) is 71.4 Å². The third-order valence-electron chi connectivity index (χ3n) is 3.43. The summed E-state index contributed by atoms with van der Waals surface area (Å²) >= 11 is 0. The van der Waals surface area contributed by atoms with Crippen molar-refractivity contribution in [2.75, 3.05) is 0 Å². The van der Waals surface area contributed by atoms with Crippen LogP contribution in [-0.4, -0.2) is 4.57 Å². The molecule has 3 rings (SSSR count). The molecule has 4 heteroatoms. The first-order valence-corrected chi connectivity index (χ1v) is 6.39. The molecular weight excluding hydrogens is 258 g/mol. The van der Waals surface area contributed by atoms with Crippen molar-refractivity contribution in [2.24, 2.45) is 5.73 Å². The van der Waals surface area contributed by atoms with Crippen molar-refractivity contribution < 1.29 is 8.78 Å². The van der Waals surface area contributed by atoms with E-state index in [2.05, 4.69) is 0 Å². The van der Waals surface area contributed by atoms with Crippen molar-refractivity contribution >= 4 is 10.9 Å². The van der Waals surface area contributed by atoms with E-state index in [0.29, 0.717) is 18.7 Å². The number of nitrogens with zero attached hydrogens (tertiary/aromatic N) is 1. The van der Waals surface area contributed by atoms with Crippen molar-refractivity contribution in [1.29, 1.82) is 0 Å². The van der Waals surface area contributed by atoms with E-state index in [9.17, 15) is 8.78 Å². The molecule has 0 aliphatic carbocycles. The van der Waals surface area contributed by atoms with Gasteiger partial charge in [-0.05, 0) is 35.9 Å². The topological polar surface area (TPSA) is 30.9 Å². The SMILES string of the molecule is NCc1ccc(Cn2ccc3cc(F)ccc32)c(F)c1. The molecule has 20 heavy (non-hydrogen) atoms. The van der Waals surface area contributed by atoms with Crippen LogP contribution in [0.5, 0.6) is 0 Å². The lowest BCUT2D eigenvalue weighted by Gasteiger charge is -2.08. The second-order valence-corrected chi connectivity index (χ2v) is 4.78. The number of benzene rings is 2. The zero-order valence-corrected chi connectivity index (χ0v) is 10.8. The van der Waals surface area contributed by atoms with Crippen molar-refractivity contribution in [3.63, 3.8) is 0 Å². The van der Waals surface area contributed by atoms with Crippen molar-refractivity contribution in [1.82, 2.24) is 4.57 Å². The van der Waals surface area contributed by atoms with Crippen LogP contribution in [0.2, 0.25) is 0 Å². The summed E-state index contributed by atoms with van der Waals surface area (Å²) in [7, 11) is 0. The Morgan fingerprint density at radius 3 is 2.60 bits per heavy atom. The number of hydrogen-bond donors (Lipinski definition) is 1. The van der Waals surface area contributed by atoms with Gasteiger partial charge in [0.2, 0.25) is 0 Å². The second kappa shape index (κ2) is 5.06. The molecule has 2 N–H and O–H groups in total. The van der Waals surface area contributed by atoms with Crippen molar-refractivity contribution in [2.45, 2.75) is 13.1 Å². The average molecular weight is 272 g/mol. The molecule has 0 saturated heterocycles. The first-order chi connectivity index (χ1) is 9.67. The summed E-state index contributed by atoms with van der Waals surface area (Å²) in [5.41, 5.74) is 7.73. The monoisotopic (exact) mass is 272 g/mol. The Kier molecular flexibility index (Phi) is 3.24. The molecule has 1 heterocycles. The Balaban J connectivity index is 1.97. The predicted octanol–water partition coefficient (Wildman–Crippen LogP) is 3.43. The Labute approximate surface area is 115 Å². The van der Waals surface area contributed by atoms with Gasteiger partial charge in [0, 0.05) is 29.2 Å². The van der Waals surface area contributed by atoms with E-state index < -0.39 is 0 Å². The van der Waals surface area contributed by atoms with Crippen LogP contribution in [0.15, 0.2) is 48.7 Å². The molecule has 2 nitrogen and oxygen atoms in total. The van der Waals surface area contributed by atoms with Gasteiger partial charge in [-0.25, -0.2) is 8.78 Å². The molecule has 0 amide bonds. The third-order valence-corrected chi connectivity index (χ3v) is 3.43. The lowest BCUT2D eigenvalue weighted by Crippen LogP contribution is -2.03. The highest BCUT2D eigenvalue weighted by Gasteiger charge is 2.07. The molecule has 0 spiro atoms. The Morgan fingerprint density at radius 2 is 1.85 bits per heavy atom. The highest BCUT2D eigenvalue weighted by atomic mass is 19.1. The normalized spacial score (nSPS) is 11.2. The minimum absolute atomic E-state index is 0.267. The van der Waals surface area contributed by atoms with Gasteiger partial charge < -0.3 is 10.3 Å². The number of hydrogen-bond acceptors (Lipinski definition) is 1. The molecule has 3 aromatic rings. The standard InChI is InChI=1S/C16H14F2N2/c17-14-3-4-16-12(8-14)5-6-20(16)10-13-2-1-11(9-19)7-15(13)18/h1-8H,9-10,19H2. The minimum atomic E-state index is -0.270. The molecule has 2 aromatic carbocycles. The summed E-state index contributed by atoms with van der Waals surface area (Å²) < 4.78 is 29.0. The van der Waals surface area contributed by atoms with E-state index >= 15 is 0 Å². The van der Waals surface area contributed by atoms with Gasteiger partial charge in [-0.2, -0.15) is 0 Å². The van der Waals surface area contributed by atoms with Gasteiger partial charge in [0.1, 0.15) is 11.6 Å². The molecule has 0 unspecified atom stereocenters. The van der Waals surface area contributed by atoms with Crippen LogP contribution in [0.1, 0.15) is 11.1 Å². The van der Waals surface area contributed by atoms with E-state index in [1.54, 1.807) is 12.1 Å². The number of nitrogens with two attached hydrogens (primary N) is 1. The molecule has 0 aliphatic heterocycles. The fourth-order valence-corrected chi connectivity index (χ4v) is 2.34. The molecule has 0 atom stereocenters. The fraction of sp³-hybridized carbons (Fsp3) is 0.125. The summed E-state index contributed by atoms with van der Waals surface area (Å²) in [6, 6.07) is 11.4. The average Bonchev–Trinajstić information content (AvgIpc) is 2.83. The van der Waals surface area contributed by atoms with Crippen LogP contribution in [0.25, 0.3) is 10.9 Å². The summed E-state index contributed by atoms with van der Waals surface area (Å²) in [4.78, 5) is 0. The summed E-state index contributed by atoms with van der Waals surface area (Å²) in [6.45, 7) is 0.731. The lowest BCUT2D eigenvalue weighted by atomic mass is 10.1. The van der Waals surface area contributed by atoms with E-state index in [1.165, 1.54) is 18.2 Å². The first-order valence-electron chi connectivity index (χ1n) is 6.39. The lowest BCUT2D eigenvalue weighted by molar-refractivity contribution is 0.599. The van der Waals surface area contributed by atoms with Gasteiger partial charge >= 0.3 is 0 Å². The second-order valence-electron chi connectivity index (χ2n) is 4.78. The van der Waals surface area contributed by atoms with Gasteiger partial charge in [0.25, 0.3) is 0 Å². The largest absolute Gasteiger partial charge is 0.343 e. The van der Waals surface area contributed by atoms with E-state index in [-0.39, 0.29) is 11.6 Å². The van der Waals surface area contributed by atoms with E-state index in [4.69, 9.17) is 5.73 Å². The van der Waals surface area contributed by atoms with Gasteiger partial charge in [0.15, 0.2) is 0 Å². The predicted molar refractivity (Wildman–Crippen MR) is 75.3 cm³/mol. The molecule has 1 aromatic heterocycles. The minimum Gasteiger partial charge on any atom is -0.343 e. The number of rotatable bonds is 3. The van der Waals surface area contributed by atoms with Gasteiger partial charge in [-0.3, -0.25) is 0 Å². The maximum Gasteiger partial charge on any atom is 0.128 e. The van der Waals surface area contributed by atoms with Crippen LogP contribution in [-0.2, 0) is 13.1 Å². The van der Waals surface area contributed by atoms with Gasteiger partial charge in [0.05, 0.1) is 6.54 Å². The Bertz CT molecular complexity index is 762. The number of aromatic nitrogens is 1. The summed E-state index contributed by atoms with van der Waals surface area (Å²) in [5, 5.41) is 0.809. The Morgan fingerprint density at radius 1 is 1.00 bits per heavy atom. The van der Waals surface area contributed by atoms with E-state index in [0.717, 1.165) is 16.5 Å². The number of halogens is 2. The maximum absolute atomic E-state index is 14.0. The van der Waals surface area contributed by atoms with Crippen LogP contribution in [0.4, 0.5) is 8.78 Å². The van der Waals surface area contributed by atoms with Crippen LogP contribution >= 0.6 is 0 Å². The van der Waals surface area contributed by atoms with E-state index in [1.807, 2.05) is 22.9 Å². The van der Waals surface area contributed by atoms with Crippen molar-refractivity contribution in [3.8, 4) is 0 Å². The summed E-state index contributed by atoms with van der Waals surface area (Å²) in [6.07, 6.45) is 1.83. The molecule has 0 bridgehead atoms. The Hall–Kier alpha value is -2.20. The van der Waals surface area contributed by atoms with Gasteiger partial charge in [-0.1, -0.05) is 12.1 Å². The van der Waals surface area contributed by atoms with Gasteiger partial charge in [-0.15, -0.1) is 0 Å². The maximum atomic E-state index is 14.0. The zero-order chi connectivity index (χ0) is 14.1. The quantitative estimate of drug-likeness (QED) is 0.778. The smallest absolute Gasteiger partial charge is 0.128 e. The van der Waals surface area contributed by atoms with Crippen LogP contribution < -0.4 is 5.73 Å². The zero-order valence-electron chi connectivity index (χ0n) is 10.8. The summed E-state index contributed by atoms with van der Waals surface area (Å²) in [5.74, 6) is -0.536.